The Kier molecular flexibility index (Phi) is 7.83. The third-order valence-corrected chi connectivity index (χ3v) is 6.98. The molecule has 2 aromatic rings. The van der Waals surface area contributed by atoms with Crippen molar-refractivity contribution < 1.29 is 17.9 Å². The van der Waals surface area contributed by atoms with Crippen LogP contribution in [0.2, 0.25) is 0 Å². The Hall–Kier alpha value is -2.69. The quantitative estimate of drug-likeness (QED) is 0.371. The van der Waals surface area contributed by atoms with Gasteiger partial charge in [0.05, 0.1) is 25.3 Å². The monoisotopic (exact) mass is 462 g/mol. The van der Waals surface area contributed by atoms with Crippen LogP contribution in [0, 0.1) is 0 Å². The number of rotatable bonds is 7. The van der Waals surface area contributed by atoms with Gasteiger partial charge in [-0.3, -0.25) is 5.43 Å². The van der Waals surface area contributed by atoms with Crippen molar-refractivity contribution in [1.29, 1.82) is 0 Å². The van der Waals surface area contributed by atoms with Crippen LogP contribution in [-0.4, -0.2) is 51.4 Å². The number of benzene rings is 2. The van der Waals surface area contributed by atoms with E-state index in [1.165, 1.54) is 0 Å². The van der Waals surface area contributed by atoms with E-state index in [-0.39, 0.29) is 10.0 Å². The fraction of sp³-hybridized carbons (Fsp3) is 0.333. The molecule has 8 nitrogen and oxygen atoms in total. The fourth-order valence-corrected chi connectivity index (χ4v) is 4.91. The predicted octanol–water partition coefficient (Wildman–Crippen LogP) is 3.20. The molecule has 166 valence electrons. The van der Waals surface area contributed by atoms with Gasteiger partial charge in [-0.25, -0.2) is 8.42 Å². The van der Waals surface area contributed by atoms with Crippen LogP contribution >= 0.6 is 12.2 Å². The number of nitrogens with one attached hydrogen (secondary N) is 2. The highest BCUT2D eigenvalue weighted by atomic mass is 32.2. The van der Waals surface area contributed by atoms with Crippen LogP contribution in [0.5, 0.6) is 11.5 Å². The van der Waals surface area contributed by atoms with Gasteiger partial charge < -0.3 is 14.8 Å². The first-order chi connectivity index (χ1) is 14.9. The topological polar surface area (TPSA) is 92.3 Å². The lowest BCUT2D eigenvalue weighted by Crippen LogP contribution is -2.35. The van der Waals surface area contributed by atoms with Gasteiger partial charge in [0.25, 0.3) is 0 Å². The maximum Gasteiger partial charge on any atom is 0.243 e. The van der Waals surface area contributed by atoms with Crippen LogP contribution in [-0.2, 0) is 10.0 Å². The zero-order valence-electron chi connectivity index (χ0n) is 17.5. The van der Waals surface area contributed by atoms with Crippen LogP contribution in [0.1, 0.15) is 24.8 Å². The maximum absolute atomic E-state index is 12.7. The lowest BCUT2D eigenvalue weighted by atomic mass is 10.2. The molecule has 0 aromatic heterocycles. The molecule has 0 saturated carbocycles. The summed E-state index contributed by atoms with van der Waals surface area (Å²) in [4.78, 5) is 0.280. The van der Waals surface area contributed by atoms with Crippen molar-refractivity contribution in [2.75, 3.05) is 32.6 Å². The van der Waals surface area contributed by atoms with E-state index >= 15 is 0 Å². The third kappa shape index (κ3) is 5.93. The van der Waals surface area contributed by atoms with Crippen molar-refractivity contribution in [3.63, 3.8) is 0 Å². The van der Waals surface area contributed by atoms with Crippen LogP contribution in [0.25, 0.3) is 0 Å². The zero-order valence-corrected chi connectivity index (χ0v) is 19.1. The second-order valence-corrected chi connectivity index (χ2v) is 9.27. The number of sulfonamides is 1. The Bertz CT molecular complexity index is 1030. The number of hydrogen-bond donors (Lipinski definition) is 2. The highest BCUT2D eigenvalue weighted by Crippen LogP contribution is 2.23. The standard InChI is InChI=1S/C21H26N4O4S2/c1-28-18-8-11-20(29-2)16(14-18)15-22-24-21(30)23-17-6-9-19(10-7-17)31(26,27)25-12-4-3-5-13-25/h6-11,14-15H,3-5,12-13H2,1-2H3,(H2,23,24,30)/b22-15-. The molecule has 1 aliphatic heterocycles. The number of piperidine rings is 1. The van der Waals surface area contributed by atoms with Crippen molar-refractivity contribution in [1.82, 2.24) is 9.73 Å². The van der Waals surface area contributed by atoms with Crippen LogP contribution < -0.4 is 20.2 Å². The van der Waals surface area contributed by atoms with E-state index in [0.717, 1.165) is 24.8 Å². The van der Waals surface area contributed by atoms with E-state index in [1.807, 2.05) is 0 Å². The SMILES string of the molecule is COc1ccc(OC)c(/C=N\NC(=S)Nc2ccc(S(=O)(=O)N3CCCCC3)cc2)c1. The summed E-state index contributed by atoms with van der Waals surface area (Å²) in [7, 11) is -0.289. The smallest absolute Gasteiger partial charge is 0.243 e. The van der Waals surface area contributed by atoms with Crippen molar-refractivity contribution in [3.05, 3.63) is 48.0 Å². The van der Waals surface area contributed by atoms with Gasteiger partial charge in [0.1, 0.15) is 11.5 Å². The van der Waals surface area contributed by atoms with Gasteiger partial charge in [-0.05, 0) is 67.5 Å². The lowest BCUT2D eigenvalue weighted by Gasteiger charge is -2.25. The van der Waals surface area contributed by atoms with Crippen LogP contribution in [0.15, 0.2) is 52.5 Å². The first-order valence-electron chi connectivity index (χ1n) is 9.86. The van der Waals surface area contributed by atoms with Crippen molar-refractivity contribution in [3.8, 4) is 11.5 Å². The number of anilines is 1. The molecule has 0 radical (unpaired) electrons. The fourth-order valence-electron chi connectivity index (χ4n) is 3.22. The van der Waals surface area contributed by atoms with Crippen molar-refractivity contribution in [2.24, 2.45) is 5.10 Å². The summed E-state index contributed by atoms with van der Waals surface area (Å²) in [6.07, 6.45) is 4.46. The normalized spacial score (nSPS) is 14.9. The molecule has 1 aliphatic rings. The third-order valence-electron chi connectivity index (χ3n) is 4.87. The first kappa shape index (κ1) is 23.0. The van der Waals surface area contributed by atoms with Gasteiger partial charge in [-0.1, -0.05) is 6.42 Å². The molecule has 31 heavy (non-hydrogen) atoms. The minimum atomic E-state index is -3.45. The summed E-state index contributed by atoms with van der Waals surface area (Å²) >= 11 is 5.25. The average Bonchev–Trinajstić information content (AvgIpc) is 2.80. The number of nitrogens with zero attached hydrogens (tertiary/aromatic N) is 2. The van der Waals surface area contributed by atoms with Crippen molar-refractivity contribution >= 4 is 39.3 Å². The van der Waals surface area contributed by atoms with E-state index in [1.54, 1.807) is 67.2 Å². The van der Waals surface area contributed by atoms with Gasteiger partial charge in [0, 0.05) is 24.3 Å². The summed E-state index contributed by atoms with van der Waals surface area (Å²) in [6.45, 7) is 1.15. The molecule has 1 fully saturated rings. The summed E-state index contributed by atoms with van der Waals surface area (Å²) in [5.74, 6) is 1.33. The average molecular weight is 463 g/mol. The van der Waals surface area contributed by atoms with E-state index in [9.17, 15) is 8.42 Å². The Balaban J connectivity index is 1.59. The molecule has 0 unspecified atom stereocenters. The van der Waals surface area contributed by atoms with Gasteiger partial charge >= 0.3 is 0 Å². The number of hydrazone groups is 1. The minimum absolute atomic E-state index is 0.268. The molecular weight excluding hydrogens is 436 g/mol. The van der Waals surface area contributed by atoms with E-state index in [2.05, 4.69) is 15.8 Å². The Morgan fingerprint density at radius 1 is 1.06 bits per heavy atom. The number of ether oxygens (including phenoxy) is 2. The Morgan fingerprint density at radius 3 is 2.42 bits per heavy atom. The highest BCUT2D eigenvalue weighted by Gasteiger charge is 2.25. The largest absolute Gasteiger partial charge is 0.497 e. The maximum atomic E-state index is 12.7. The molecule has 3 rings (SSSR count). The molecule has 0 bridgehead atoms. The molecule has 0 amide bonds. The predicted molar refractivity (Wildman–Crippen MR) is 126 cm³/mol. The molecule has 1 heterocycles. The van der Waals surface area contributed by atoms with Crippen LogP contribution in [0.3, 0.4) is 0 Å². The number of thiocarbonyl (C=S) groups is 1. The van der Waals surface area contributed by atoms with Crippen molar-refractivity contribution in [2.45, 2.75) is 24.2 Å². The summed E-state index contributed by atoms with van der Waals surface area (Å²) < 4.78 is 37.5. The lowest BCUT2D eigenvalue weighted by molar-refractivity contribution is 0.346. The van der Waals surface area contributed by atoms with Crippen LogP contribution in [0.4, 0.5) is 5.69 Å². The van der Waals surface area contributed by atoms with E-state index < -0.39 is 10.0 Å². The minimum Gasteiger partial charge on any atom is -0.497 e. The molecule has 2 aromatic carbocycles. The van der Waals surface area contributed by atoms with Gasteiger partial charge in [-0.2, -0.15) is 9.41 Å². The zero-order chi connectivity index (χ0) is 22.3. The molecule has 0 atom stereocenters. The van der Waals surface area contributed by atoms with Gasteiger partial charge in [0.15, 0.2) is 5.11 Å². The van der Waals surface area contributed by atoms with Gasteiger partial charge in [-0.15, -0.1) is 0 Å². The van der Waals surface area contributed by atoms with E-state index in [0.29, 0.717) is 30.3 Å². The summed E-state index contributed by atoms with van der Waals surface area (Å²) in [6, 6.07) is 11.9. The van der Waals surface area contributed by atoms with E-state index in [4.69, 9.17) is 21.7 Å². The van der Waals surface area contributed by atoms with Gasteiger partial charge in [0.2, 0.25) is 10.0 Å². The molecular formula is C21H26N4O4S2. The summed E-state index contributed by atoms with van der Waals surface area (Å²) in [5, 5.41) is 7.37. The molecule has 0 spiro atoms. The molecule has 2 N–H and O–H groups in total. The Morgan fingerprint density at radius 2 is 1.77 bits per heavy atom. The second kappa shape index (κ2) is 10.6. The Labute approximate surface area is 188 Å². The second-order valence-electron chi connectivity index (χ2n) is 6.92. The molecule has 1 saturated heterocycles. The summed E-state index contributed by atoms with van der Waals surface area (Å²) in [5.41, 5.74) is 4.11. The number of methoxy groups -OCH3 is 2. The highest BCUT2D eigenvalue weighted by molar-refractivity contribution is 7.89. The molecule has 0 aliphatic carbocycles. The molecule has 10 heteroatoms. The number of hydrogen-bond acceptors (Lipinski definition) is 6. The first-order valence-corrected chi connectivity index (χ1v) is 11.7.